The van der Waals surface area contributed by atoms with E-state index in [-0.39, 0.29) is 17.0 Å². The SMILES string of the molecule is CN(C)C/C=C/C(=O)C(C)(C)COCC/C=C/C(=O)C(C)(C)C. The first kappa shape index (κ1) is 21.7. The molecule has 0 aromatic rings. The molecule has 0 unspecified atom stereocenters. The van der Waals surface area contributed by atoms with E-state index in [2.05, 4.69) is 0 Å². The number of carbonyl (C=O) groups excluding carboxylic acids is 2. The topological polar surface area (TPSA) is 46.6 Å². The maximum Gasteiger partial charge on any atom is 0.163 e. The molecule has 0 aromatic carbocycles. The molecule has 0 amide bonds. The van der Waals surface area contributed by atoms with Gasteiger partial charge in [0.2, 0.25) is 0 Å². The second-order valence-corrected chi connectivity index (χ2v) is 7.77. The Bertz CT molecular complexity index is 440. The van der Waals surface area contributed by atoms with Crippen molar-refractivity contribution < 1.29 is 14.3 Å². The summed E-state index contributed by atoms with van der Waals surface area (Å²) < 4.78 is 5.59. The van der Waals surface area contributed by atoms with Crippen LogP contribution in [0.1, 0.15) is 41.0 Å². The van der Waals surface area contributed by atoms with Gasteiger partial charge in [0.25, 0.3) is 0 Å². The van der Waals surface area contributed by atoms with Crippen molar-refractivity contribution >= 4 is 11.6 Å². The standard InChI is InChI=1S/C19H33NO3/c1-18(2,3)16(21)11-8-9-14-23-15-19(4,5)17(22)12-10-13-20(6)7/h8,10-12H,9,13-15H2,1-7H3/b11-8+,12-10+. The van der Waals surface area contributed by atoms with Crippen molar-refractivity contribution in [1.29, 1.82) is 0 Å². The minimum atomic E-state index is -0.534. The van der Waals surface area contributed by atoms with Crippen molar-refractivity contribution in [3.05, 3.63) is 24.3 Å². The molecule has 4 heteroatoms. The molecule has 0 aromatic heterocycles. The Morgan fingerprint density at radius 1 is 0.957 bits per heavy atom. The van der Waals surface area contributed by atoms with Crippen molar-refractivity contribution in [3.8, 4) is 0 Å². The Kier molecular flexibility index (Phi) is 9.25. The lowest BCUT2D eigenvalue weighted by Gasteiger charge is -2.21. The number of hydrogen-bond acceptors (Lipinski definition) is 4. The summed E-state index contributed by atoms with van der Waals surface area (Å²) in [7, 11) is 3.92. The molecule has 0 N–H and O–H groups in total. The van der Waals surface area contributed by atoms with Gasteiger partial charge in [0.15, 0.2) is 11.6 Å². The minimum absolute atomic E-state index is 0.0674. The van der Waals surface area contributed by atoms with Gasteiger partial charge in [0.05, 0.1) is 18.6 Å². The smallest absolute Gasteiger partial charge is 0.163 e. The third kappa shape index (κ3) is 10.2. The number of hydrogen-bond donors (Lipinski definition) is 0. The highest BCUT2D eigenvalue weighted by atomic mass is 16.5. The first-order chi connectivity index (χ1) is 10.5. The van der Waals surface area contributed by atoms with E-state index in [0.717, 1.165) is 6.54 Å². The minimum Gasteiger partial charge on any atom is -0.380 e. The Morgan fingerprint density at radius 2 is 1.52 bits per heavy atom. The molecule has 0 aliphatic carbocycles. The van der Waals surface area contributed by atoms with Gasteiger partial charge < -0.3 is 9.64 Å². The van der Waals surface area contributed by atoms with E-state index in [1.54, 1.807) is 12.2 Å². The van der Waals surface area contributed by atoms with Crippen LogP contribution in [0.2, 0.25) is 0 Å². The Hall–Kier alpha value is -1.26. The maximum atomic E-state index is 12.1. The van der Waals surface area contributed by atoms with Crippen LogP contribution in [-0.2, 0) is 14.3 Å². The lowest BCUT2D eigenvalue weighted by atomic mass is 9.89. The van der Waals surface area contributed by atoms with Crippen LogP contribution in [0.4, 0.5) is 0 Å². The summed E-state index contributed by atoms with van der Waals surface area (Å²) in [6.07, 6.45) is 7.61. The van der Waals surface area contributed by atoms with Crippen LogP contribution >= 0.6 is 0 Å². The van der Waals surface area contributed by atoms with Crippen molar-refractivity contribution in [2.75, 3.05) is 33.9 Å². The largest absolute Gasteiger partial charge is 0.380 e. The summed E-state index contributed by atoms with van der Waals surface area (Å²) >= 11 is 0. The average Bonchev–Trinajstić information content (AvgIpc) is 2.40. The van der Waals surface area contributed by atoms with Gasteiger partial charge in [-0.15, -0.1) is 0 Å². The monoisotopic (exact) mass is 323 g/mol. The number of ether oxygens (including phenoxy) is 1. The zero-order valence-electron chi connectivity index (χ0n) is 15.8. The lowest BCUT2D eigenvalue weighted by Crippen LogP contribution is -2.28. The fraction of sp³-hybridized carbons (Fsp3) is 0.684. The maximum absolute atomic E-state index is 12.1. The third-order valence-corrected chi connectivity index (χ3v) is 3.31. The molecule has 0 aliphatic rings. The summed E-state index contributed by atoms with van der Waals surface area (Å²) in [6.45, 7) is 11.1. The van der Waals surface area contributed by atoms with Gasteiger partial charge in [-0.25, -0.2) is 0 Å². The molecule has 0 aliphatic heterocycles. The molecule has 0 fully saturated rings. The normalized spacial score (nSPS) is 13.4. The molecule has 0 rings (SSSR count). The highest BCUT2D eigenvalue weighted by molar-refractivity contribution is 5.94. The molecule has 0 saturated carbocycles. The fourth-order valence-electron chi connectivity index (χ4n) is 1.59. The fourth-order valence-corrected chi connectivity index (χ4v) is 1.59. The van der Waals surface area contributed by atoms with E-state index in [0.29, 0.717) is 19.6 Å². The summed E-state index contributed by atoms with van der Waals surface area (Å²) in [4.78, 5) is 25.8. The lowest BCUT2D eigenvalue weighted by molar-refractivity contribution is -0.125. The highest BCUT2D eigenvalue weighted by Gasteiger charge is 2.25. The molecule has 4 nitrogen and oxygen atoms in total. The van der Waals surface area contributed by atoms with Gasteiger partial charge in [-0.2, -0.15) is 0 Å². The van der Waals surface area contributed by atoms with Crippen LogP contribution in [0.3, 0.4) is 0 Å². The zero-order valence-corrected chi connectivity index (χ0v) is 15.8. The van der Waals surface area contributed by atoms with E-state index in [4.69, 9.17) is 4.74 Å². The summed E-state index contributed by atoms with van der Waals surface area (Å²) in [5.74, 6) is 0.178. The molecule has 0 bridgehead atoms. The van der Waals surface area contributed by atoms with Crippen molar-refractivity contribution in [2.45, 2.75) is 41.0 Å². The van der Waals surface area contributed by atoms with Crippen LogP contribution in [0.15, 0.2) is 24.3 Å². The summed E-state index contributed by atoms with van der Waals surface area (Å²) in [6, 6.07) is 0. The molecule has 0 saturated heterocycles. The quantitative estimate of drug-likeness (QED) is 0.457. The number of carbonyl (C=O) groups is 2. The first-order valence-electron chi connectivity index (χ1n) is 8.11. The first-order valence-corrected chi connectivity index (χ1v) is 8.11. The Balaban J connectivity index is 4.11. The molecule has 0 spiro atoms. The summed E-state index contributed by atoms with van der Waals surface area (Å²) in [5, 5.41) is 0. The van der Waals surface area contributed by atoms with E-state index in [1.165, 1.54) is 0 Å². The predicted octanol–water partition coefficient (Wildman–Crippen LogP) is 3.28. The van der Waals surface area contributed by atoms with Crippen molar-refractivity contribution in [1.82, 2.24) is 4.90 Å². The van der Waals surface area contributed by atoms with Crippen LogP contribution in [0.25, 0.3) is 0 Å². The van der Waals surface area contributed by atoms with Gasteiger partial charge in [-0.3, -0.25) is 9.59 Å². The Morgan fingerprint density at radius 3 is 2.04 bits per heavy atom. The highest BCUT2D eigenvalue weighted by Crippen LogP contribution is 2.18. The summed E-state index contributed by atoms with van der Waals surface area (Å²) in [5.41, 5.74) is -0.877. The molecule has 23 heavy (non-hydrogen) atoms. The molecule has 132 valence electrons. The third-order valence-electron chi connectivity index (χ3n) is 3.31. The van der Waals surface area contributed by atoms with Crippen LogP contribution in [0, 0.1) is 10.8 Å². The van der Waals surface area contributed by atoms with Gasteiger partial charge in [-0.1, -0.05) is 46.8 Å². The number of nitrogens with zero attached hydrogens (tertiary/aromatic N) is 1. The van der Waals surface area contributed by atoms with Gasteiger partial charge >= 0.3 is 0 Å². The number of ketones is 2. The molecular weight excluding hydrogens is 290 g/mol. The second kappa shape index (κ2) is 9.78. The van der Waals surface area contributed by atoms with Gasteiger partial charge in [-0.05, 0) is 32.7 Å². The van der Waals surface area contributed by atoms with Crippen LogP contribution < -0.4 is 0 Å². The van der Waals surface area contributed by atoms with Crippen molar-refractivity contribution in [3.63, 3.8) is 0 Å². The van der Waals surface area contributed by atoms with Crippen LogP contribution in [0.5, 0.6) is 0 Å². The van der Waals surface area contributed by atoms with Gasteiger partial charge in [0, 0.05) is 12.0 Å². The second-order valence-electron chi connectivity index (χ2n) is 7.77. The number of rotatable bonds is 10. The number of likely N-dealkylation sites (N-methyl/N-ethyl adjacent to an activating group) is 1. The Labute approximate surface area is 141 Å². The van der Waals surface area contributed by atoms with Crippen LogP contribution in [-0.4, -0.2) is 50.3 Å². The van der Waals surface area contributed by atoms with Crippen molar-refractivity contribution in [2.24, 2.45) is 10.8 Å². The predicted molar refractivity (Wildman–Crippen MR) is 95.5 cm³/mol. The molecule has 0 atom stereocenters. The molecule has 0 heterocycles. The van der Waals surface area contributed by atoms with E-state index >= 15 is 0 Å². The zero-order chi connectivity index (χ0) is 18.1. The van der Waals surface area contributed by atoms with E-state index < -0.39 is 5.41 Å². The van der Waals surface area contributed by atoms with Gasteiger partial charge in [0.1, 0.15) is 0 Å². The molecular formula is C19H33NO3. The average molecular weight is 323 g/mol. The van der Waals surface area contributed by atoms with E-state index in [1.807, 2.05) is 65.8 Å². The van der Waals surface area contributed by atoms with E-state index in [9.17, 15) is 9.59 Å². The molecule has 0 radical (unpaired) electrons. The number of allylic oxidation sites excluding steroid dienone is 2.